The molecule has 0 saturated heterocycles. The molecule has 3 heteroatoms. The van der Waals surface area contributed by atoms with Crippen LogP contribution in [0.5, 0.6) is 0 Å². The average Bonchev–Trinajstić information content (AvgIpc) is 2.23. The fraction of sp³-hybridized carbons (Fsp3) is 0.571. The highest BCUT2D eigenvalue weighted by Gasteiger charge is 2.13. The zero-order valence-electron chi connectivity index (χ0n) is 11.1. The van der Waals surface area contributed by atoms with Crippen LogP contribution in [0.25, 0.3) is 0 Å². The Kier molecular flexibility index (Phi) is 4.82. The summed E-state index contributed by atoms with van der Waals surface area (Å²) >= 11 is 0. The van der Waals surface area contributed by atoms with Crippen LogP contribution in [0.4, 0.5) is 0 Å². The number of rotatable bonds is 5. The van der Waals surface area contributed by atoms with Gasteiger partial charge in [0.25, 0.3) is 0 Å². The van der Waals surface area contributed by atoms with Crippen LogP contribution < -0.4 is 0 Å². The third-order valence-electron chi connectivity index (χ3n) is 2.49. The van der Waals surface area contributed by atoms with Crippen molar-refractivity contribution in [3.63, 3.8) is 0 Å². The van der Waals surface area contributed by atoms with E-state index in [2.05, 4.69) is 31.8 Å². The van der Waals surface area contributed by atoms with Gasteiger partial charge in [-0.15, -0.1) is 0 Å². The van der Waals surface area contributed by atoms with Crippen LogP contribution in [0, 0.1) is 0 Å². The van der Waals surface area contributed by atoms with Gasteiger partial charge >= 0.3 is 0 Å². The summed E-state index contributed by atoms with van der Waals surface area (Å²) in [6, 6.07) is 4.15. The first-order valence-electron chi connectivity index (χ1n) is 5.92. The van der Waals surface area contributed by atoms with Gasteiger partial charge in [0.05, 0.1) is 6.61 Å². The van der Waals surface area contributed by atoms with Crippen LogP contribution in [0.2, 0.25) is 0 Å². The highest BCUT2D eigenvalue weighted by atomic mass is 16.5. The zero-order valence-corrected chi connectivity index (χ0v) is 11.1. The van der Waals surface area contributed by atoms with E-state index in [0.29, 0.717) is 6.61 Å². The molecule has 0 aliphatic carbocycles. The van der Waals surface area contributed by atoms with Gasteiger partial charge in [-0.1, -0.05) is 20.8 Å². The summed E-state index contributed by atoms with van der Waals surface area (Å²) in [4.78, 5) is 15.0. The van der Waals surface area contributed by atoms with Crippen LogP contribution in [0.3, 0.4) is 0 Å². The van der Waals surface area contributed by atoms with Crippen molar-refractivity contribution in [3.8, 4) is 0 Å². The van der Waals surface area contributed by atoms with Gasteiger partial charge in [-0.2, -0.15) is 0 Å². The van der Waals surface area contributed by atoms with Crippen molar-refractivity contribution in [3.05, 3.63) is 29.6 Å². The summed E-state index contributed by atoms with van der Waals surface area (Å²) in [5, 5.41) is 0. The molecule has 0 radical (unpaired) electrons. The standard InChI is InChI=1S/C14H21NO2/c1-11(16)10-17-8-6-13-9-12(5-7-15-13)14(2,3)4/h5,7,9H,6,8,10H2,1-4H3. The maximum atomic E-state index is 10.7. The molecule has 0 spiro atoms. The molecule has 0 aromatic carbocycles. The van der Waals surface area contributed by atoms with Gasteiger partial charge < -0.3 is 4.74 Å². The molecule has 1 aromatic rings. The number of aromatic nitrogens is 1. The Morgan fingerprint density at radius 1 is 1.41 bits per heavy atom. The number of Topliss-reactive ketones (excluding diaryl/α,β-unsaturated/α-hetero) is 1. The number of carbonyl (C=O) groups is 1. The van der Waals surface area contributed by atoms with Crippen LogP contribution in [-0.2, 0) is 21.4 Å². The van der Waals surface area contributed by atoms with E-state index in [1.807, 2.05) is 12.3 Å². The Morgan fingerprint density at radius 3 is 2.71 bits per heavy atom. The molecule has 1 heterocycles. The topological polar surface area (TPSA) is 39.2 Å². The summed E-state index contributed by atoms with van der Waals surface area (Å²) in [6.45, 7) is 8.80. The lowest BCUT2D eigenvalue weighted by molar-refractivity contribution is -0.121. The molecule has 0 saturated carbocycles. The second-order valence-corrected chi connectivity index (χ2v) is 5.29. The molecule has 0 bridgehead atoms. The van der Waals surface area contributed by atoms with Crippen molar-refractivity contribution in [1.82, 2.24) is 4.98 Å². The molecule has 94 valence electrons. The van der Waals surface area contributed by atoms with Crippen molar-refractivity contribution in [2.75, 3.05) is 13.2 Å². The second-order valence-electron chi connectivity index (χ2n) is 5.29. The lowest BCUT2D eigenvalue weighted by Crippen LogP contribution is -2.12. The van der Waals surface area contributed by atoms with E-state index in [1.165, 1.54) is 12.5 Å². The summed E-state index contributed by atoms with van der Waals surface area (Å²) in [7, 11) is 0. The molecule has 17 heavy (non-hydrogen) atoms. The molecule has 0 N–H and O–H groups in total. The van der Waals surface area contributed by atoms with Crippen molar-refractivity contribution in [2.24, 2.45) is 0 Å². The monoisotopic (exact) mass is 235 g/mol. The highest BCUT2D eigenvalue weighted by Crippen LogP contribution is 2.21. The SMILES string of the molecule is CC(=O)COCCc1cc(C(C)(C)C)ccn1. The molecular weight excluding hydrogens is 214 g/mol. The van der Waals surface area contributed by atoms with Gasteiger partial charge in [0.2, 0.25) is 0 Å². The number of carbonyl (C=O) groups excluding carboxylic acids is 1. The molecule has 0 unspecified atom stereocenters. The van der Waals surface area contributed by atoms with Crippen molar-refractivity contribution in [2.45, 2.75) is 39.5 Å². The Labute approximate surface area is 103 Å². The van der Waals surface area contributed by atoms with E-state index in [-0.39, 0.29) is 17.8 Å². The average molecular weight is 235 g/mol. The van der Waals surface area contributed by atoms with Crippen LogP contribution in [0.1, 0.15) is 39.0 Å². The molecule has 1 rings (SSSR count). The van der Waals surface area contributed by atoms with Gasteiger partial charge in [-0.25, -0.2) is 0 Å². The first-order chi connectivity index (χ1) is 7.89. The molecule has 0 aliphatic rings. The van der Waals surface area contributed by atoms with Crippen LogP contribution >= 0.6 is 0 Å². The van der Waals surface area contributed by atoms with E-state index in [0.717, 1.165) is 12.1 Å². The smallest absolute Gasteiger partial charge is 0.155 e. The molecule has 0 fully saturated rings. The van der Waals surface area contributed by atoms with Gasteiger partial charge in [0, 0.05) is 18.3 Å². The van der Waals surface area contributed by atoms with Crippen molar-refractivity contribution < 1.29 is 9.53 Å². The number of ketones is 1. The van der Waals surface area contributed by atoms with Crippen LogP contribution in [-0.4, -0.2) is 24.0 Å². The van der Waals surface area contributed by atoms with Gasteiger partial charge in [0.1, 0.15) is 6.61 Å². The summed E-state index contributed by atoms with van der Waals surface area (Å²) in [5.74, 6) is 0.0569. The maximum absolute atomic E-state index is 10.7. The van der Waals surface area contributed by atoms with E-state index < -0.39 is 0 Å². The molecule has 0 atom stereocenters. The number of hydrogen-bond donors (Lipinski definition) is 0. The minimum Gasteiger partial charge on any atom is -0.373 e. The normalized spacial score (nSPS) is 11.5. The van der Waals surface area contributed by atoms with Gasteiger partial charge in [0.15, 0.2) is 5.78 Å². The predicted molar refractivity (Wildman–Crippen MR) is 68.1 cm³/mol. The third-order valence-corrected chi connectivity index (χ3v) is 2.49. The molecule has 1 aromatic heterocycles. The van der Waals surface area contributed by atoms with Gasteiger partial charge in [-0.3, -0.25) is 9.78 Å². The number of pyridine rings is 1. The fourth-order valence-electron chi connectivity index (χ4n) is 1.47. The highest BCUT2D eigenvalue weighted by molar-refractivity contribution is 5.76. The lowest BCUT2D eigenvalue weighted by Gasteiger charge is -2.19. The molecule has 3 nitrogen and oxygen atoms in total. The van der Waals surface area contributed by atoms with Gasteiger partial charge in [-0.05, 0) is 30.0 Å². The van der Waals surface area contributed by atoms with Crippen molar-refractivity contribution in [1.29, 1.82) is 0 Å². The Morgan fingerprint density at radius 2 is 2.12 bits per heavy atom. The number of ether oxygens (including phenoxy) is 1. The number of hydrogen-bond acceptors (Lipinski definition) is 3. The number of nitrogens with zero attached hydrogens (tertiary/aromatic N) is 1. The summed E-state index contributed by atoms with van der Waals surface area (Å²) < 4.78 is 5.23. The first-order valence-corrected chi connectivity index (χ1v) is 5.92. The predicted octanol–water partition coefficient (Wildman–Crippen LogP) is 2.53. The molecule has 0 amide bonds. The van der Waals surface area contributed by atoms with E-state index in [9.17, 15) is 4.79 Å². The molecular formula is C14H21NO2. The minimum atomic E-state index is 0.0569. The van der Waals surface area contributed by atoms with E-state index in [4.69, 9.17) is 4.74 Å². The lowest BCUT2D eigenvalue weighted by atomic mass is 9.87. The Bertz CT molecular complexity index is 380. The Hall–Kier alpha value is -1.22. The first kappa shape index (κ1) is 13.8. The largest absolute Gasteiger partial charge is 0.373 e. The molecule has 0 aliphatic heterocycles. The quantitative estimate of drug-likeness (QED) is 0.736. The third kappa shape index (κ3) is 5.09. The van der Waals surface area contributed by atoms with Crippen LogP contribution in [0.15, 0.2) is 18.3 Å². The maximum Gasteiger partial charge on any atom is 0.155 e. The fourth-order valence-corrected chi connectivity index (χ4v) is 1.47. The van der Waals surface area contributed by atoms with E-state index >= 15 is 0 Å². The second kappa shape index (κ2) is 5.92. The zero-order chi connectivity index (χ0) is 12.9. The van der Waals surface area contributed by atoms with E-state index in [1.54, 1.807) is 0 Å². The summed E-state index contributed by atoms with van der Waals surface area (Å²) in [5.41, 5.74) is 2.42. The van der Waals surface area contributed by atoms with Crippen molar-refractivity contribution >= 4 is 5.78 Å². The Balaban J connectivity index is 2.52. The summed E-state index contributed by atoms with van der Waals surface area (Å²) in [6.07, 6.45) is 2.58. The minimum absolute atomic E-state index is 0.0569.